The topological polar surface area (TPSA) is 460 Å². The second-order valence-electron chi connectivity index (χ2n) is 6.26. The summed E-state index contributed by atoms with van der Waals surface area (Å²) in [7, 11) is 0. The smallest absolute Gasteiger partial charge is 0.335 e. The molecule has 0 fully saturated rings. The standard InChI is InChI=1S/4C4H6O6/c4*5-1(3(7)8)2(6)4(9)10/h4*1-2,5-6H,(H,7,8)(H,9,10). The van der Waals surface area contributed by atoms with Gasteiger partial charge in [0, 0.05) is 0 Å². The van der Waals surface area contributed by atoms with Crippen molar-refractivity contribution in [1.29, 1.82) is 0 Å². The number of rotatable bonds is 12. The monoisotopic (exact) mass is 600 g/mol. The highest BCUT2D eigenvalue weighted by molar-refractivity contribution is 5.84. The molecule has 16 N–H and O–H groups in total. The summed E-state index contributed by atoms with van der Waals surface area (Å²) in [5.74, 6) is -14.1. The van der Waals surface area contributed by atoms with E-state index in [0.717, 1.165) is 0 Å². The van der Waals surface area contributed by atoms with Gasteiger partial charge >= 0.3 is 47.8 Å². The van der Waals surface area contributed by atoms with Gasteiger partial charge in [-0.25, -0.2) is 38.4 Å². The van der Waals surface area contributed by atoms with Crippen LogP contribution in [0.2, 0.25) is 0 Å². The zero-order valence-corrected chi connectivity index (χ0v) is 19.0. The molecule has 0 aliphatic carbocycles. The highest BCUT2D eigenvalue weighted by Crippen LogP contribution is 1.94. The highest BCUT2D eigenvalue weighted by Gasteiger charge is 2.31. The van der Waals surface area contributed by atoms with Gasteiger partial charge in [-0.05, 0) is 0 Å². The number of carbonyl (C=O) groups is 8. The minimum absolute atomic E-state index is 1.77. The van der Waals surface area contributed by atoms with E-state index in [4.69, 9.17) is 81.7 Å². The van der Waals surface area contributed by atoms with Crippen LogP contribution in [0.15, 0.2) is 0 Å². The number of hydrogen-bond acceptors (Lipinski definition) is 16. The molecule has 24 nitrogen and oxygen atoms in total. The van der Waals surface area contributed by atoms with Crippen LogP contribution in [0.5, 0.6) is 0 Å². The molecule has 0 bridgehead atoms. The lowest BCUT2D eigenvalue weighted by molar-refractivity contribution is -0.165. The Hall–Kier alpha value is -4.56. The van der Waals surface area contributed by atoms with Gasteiger partial charge in [0.2, 0.25) is 0 Å². The molecule has 0 heterocycles. The molecule has 0 aromatic heterocycles. The fourth-order valence-electron chi connectivity index (χ4n) is 1.08. The molecule has 0 saturated carbocycles. The Labute approximate surface area is 217 Å². The largest absolute Gasteiger partial charge is 0.479 e. The van der Waals surface area contributed by atoms with Gasteiger partial charge in [-0.1, -0.05) is 0 Å². The van der Waals surface area contributed by atoms with Gasteiger partial charge in [0.15, 0.2) is 48.8 Å². The van der Waals surface area contributed by atoms with E-state index in [9.17, 15) is 38.4 Å². The van der Waals surface area contributed by atoms with Gasteiger partial charge in [0.1, 0.15) is 0 Å². The van der Waals surface area contributed by atoms with Crippen molar-refractivity contribution >= 4 is 47.8 Å². The van der Waals surface area contributed by atoms with Crippen LogP contribution >= 0.6 is 0 Å². The molecular formula is C16H24O24. The summed E-state index contributed by atoms with van der Waals surface area (Å²) in [6, 6.07) is 0. The normalized spacial score (nSPS) is 15.8. The van der Waals surface area contributed by atoms with Gasteiger partial charge in [0.05, 0.1) is 0 Å². The Kier molecular flexibility index (Phi) is 21.7. The molecule has 0 aliphatic heterocycles. The summed E-state index contributed by atoms with van der Waals surface area (Å²) in [5, 5.41) is 130. The quantitative estimate of drug-likeness (QED) is 0.0988. The van der Waals surface area contributed by atoms with E-state index in [-0.39, 0.29) is 0 Å². The average molecular weight is 600 g/mol. The van der Waals surface area contributed by atoms with E-state index < -0.39 is 96.6 Å². The molecule has 0 aromatic carbocycles. The van der Waals surface area contributed by atoms with Crippen LogP contribution in [0.1, 0.15) is 0 Å². The van der Waals surface area contributed by atoms with Crippen molar-refractivity contribution in [2.24, 2.45) is 0 Å². The molecule has 0 aromatic rings. The summed E-state index contributed by atoms with van der Waals surface area (Å²) >= 11 is 0. The van der Waals surface area contributed by atoms with Crippen LogP contribution in [0, 0.1) is 0 Å². The lowest BCUT2D eigenvalue weighted by atomic mass is 10.2. The number of hydrogen-bond donors (Lipinski definition) is 16. The predicted molar refractivity (Wildman–Crippen MR) is 109 cm³/mol. The van der Waals surface area contributed by atoms with Crippen LogP contribution in [0.25, 0.3) is 0 Å². The Morgan fingerprint density at radius 1 is 0.225 bits per heavy atom. The number of aliphatic hydroxyl groups is 8. The van der Waals surface area contributed by atoms with Crippen LogP contribution in [0.4, 0.5) is 0 Å². The first-order chi connectivity index (χ1) is 17.9. The lowest BCUT2D eigenvalue weighted by Crippen LogP contribution is -2.39. The van der Waals surface area contributed by atoms with E-state index >= 15 is 0 Å². The molecule has 24 heteroatoms. The number of aliphatic hydroxyl groups excluding tert-OH is 8. The second-order valence-corrected chi connectivity index (χ2v) is 6.26. The Bertz CT molecular complexity index is 679. The van der Waals surface area contributed by atoms with Crippen molar-refractivity contribution in [3.8, 4) is 0 Å². The van der Waals surface area contributed by atoms with Gasteiger partial charge < -0.3 is 81.7 Å². The zero-order chi connectivity index (χ0) is 33.2. The third-order valence-corrected chi connectivity index (χ3v) is 3.22. The van der Waals surface area contributed by atoms with E-state index in [0.29, 0.717) is 0 Å². The number of aliphatic carboxylic acids is 8. The van der Waals surface area contributed by atoms with E-state index in [1.807, 2.05) is 0 Å². The molecule has 0 aliphatic rings. The summed E-state index contributed by atoms with van der Waals surface area (Å²) in [4.78, 5) is 78.2. The van der Waals surface area contributed by atoms with Crippen molar-refractivity contribution in [2.75, 3.05) is 0 Å². The maximum Gasteiger partial charge on any atom is 0.335 e. The molecule has 40 heavy (non-hydrogen) atoms. The third-order valence-electron chi connectivity index (χ3n) is 3.22. The molecule has 232 valence electrons. The molecule has 0 rings (SSSR count). The van der Waals surface area contributed by atoms with Crippen LogP contribution < -0.4 is 0 Å². The maximum atomic E-state index is 9.77. The first-order valence-corrected chi connectivity index (χ1v) is 9.13. The third kappa shape index (κ3) is 18.6. The van der Waals surface area contributed by atoms with Crippen LogP contribution in [-0.2, 0) is 38.4 Å². The molecule has 0 amide bonds. The predicted octanol–water partition coefficient (Wildman–Crippen LogP) is -8.49. The fourth-order valence-corrected chi connectivity index (χ4v) is 1.08. The highest BCUT2D eigenvalue weighted by atomic mass is 16.5. The lowest BCUT2D eigenvalue weighted by Gasteiger charge is -2.07. The van der Waals surface area contributed by atoms with Gasteiger partial charge in [0.25, 0.3) is 0 Å². The first kappa shape index (κ1) is 42.5. The molecule has 0 radical (unpaired) electrons. The fraction of sp³-hybridized carbons (Fsp3) is 0.500. The Morgan fingerprint density at radius 3 is 0.300 bits per heavy atom. The maximum absolute atomic E-state index is 9.77. The SMILES string of the molecule is O=C(O)C(O)C(O)C(=O)O.O=C(O)C(O)C(O)C(=O)O.O=C(O)C(O)C(O)C(=O)O.O=C(O)C(O)C(O)C(=O)O. The van der Waals surface area contributed by atoms with E-state index in [1.165, 1.54) is 0 Å². The van der Waals surface area contributed by atoms with E-state index in [1.54, 1.807) is 0 Å². The summed E-state index contributed by atoms with van der Waals surface area (Å²) < 4.78 is 0. The van der Waals surface area contributed by atoms with Gasteiger partial charge in [-0.3, -0.25) is 0 Å². The van der Waals surface area contributed by atoms with Crippen LogP contribution in [0.3, 0.4) is 0 Å². The van der Waals surface area contributed by atoms with Crippen molar-refractivity contribution in [3.05, 3.63) is 0 Å². The van der Waals surface area contributed by atoms with Crippen LogP contribution in [-0.4, -0.2) is 178 Å². The average Bonchev–Trinajstić information content (AvgIpc) is 2.85. The number of carboxylic acids is 8. The van der Waals surface area contributed by atoms with Gasteiger partial charge in [-0.2, -0.15) is 0 Å². The summed E-state index contributed by atoms with van der Waals surface area (Å²) in [5.41, 5.74) is 0. The molecule has 0 saturated heterocycles. The number of carboxylic acid groups (broad SMARTS) is 8. The molecule has 8 unspecified atom stereocenters. The molecule has 0 spiro atoms. The van der Waals surface area contributed by atoms with Crippen molar-refractivity contribution in [3.63, 3.8) is 0 Å². The van der Waals surface area contributed by atoms with Gasteiger partial charge in [-0.15, -0.1) is 0 Å². The summed E-state index contributed by atoms with van der Waals surface area (Å²) in [6.07, 6.45) is -18.1. The van der Waals surface area contributed by atoms with Crippen molar-refractivity contribution in [1.82, 2.24) is 0 Å². The Balaban J connectivity index is -0.000000216. The zero-order valence-electron chi connectivity index (χ0n) is 19.0. The minimum atomic E-state index is -2.27. The van der Waals surface area contributed by atoms with Crippen molar-refractivity contribution in [2.45, 2.75) is 48.8 Å². The second kappa shape index (κ2) is 20.4. The van der Waals surface area contributed by atoms with Crippen molar-refractivity contribution < 1.29 is 120 Å². The first-order valence-electron chi connectivity index (χ1n) is 9.13. The molecule has 8 atom stereocenters. The van der Waals surface area contributed by atoms with E-state index in [2.05, 4.69) is 0 Å². The Morgan fingerprint density at radius 2 is 0.275 bits per heavy atom. The summed E-state index contributed by atoms with van der Waals surface area (Å²) in [6.45, 7) is 0. The molecular weight excluding hydrogens is 576 g/mol. The minimum Gasteiger partial charge on any atom is -0.479 e.